The van der Waals surface area contributed by atoms with Crippen LogP contribution in [0.25, 0.3) is 0 Å². The first-order chi connectivity index (χ1) is 5.27. The van der Waals surface area contributed by atoms with Gasteiger partial charge in [0.2, 0.25) is 0 Å². The van der Waals surface area contributed by atoms with Crippen molar-refractivity contribution in [3.05, 3.63) is 12.2 Å². The van der Waals surface area contributed by atoms with E-state index in [9.17, 15) is 0 Å². The van der Waals surface area contributed by atoms with Gasteiger partial charge in [-0.25, -0.2) is 0 Å². The van der Waals surface area contributed by atoms with Crippen LogP contribution in [0.1, 0.15) is 19.8 Å². The van der Waals surface area contributed by atoms with Gasteiger partial charge in [0.1, 0.15) is 0 Å². The Balaban J connectivity index is 2.43. The summed E-state index contributed by atoms with van der Waals surface area (Å²) in [6.45, 7) is 4.07. The Hall–Kier alpha value is -0.340. The second-order valence-corrected chi connectivity index (χ2v) is 3.35. The predicted octanol–water partition coefficient (Wildman–Crippen LogP) is 1.35. The maximum atomic E-state index is 8.59. The Morgan fingerprint density at radius 1 is 1.45 bits per heavy atom. The SMILES string of the molecule is CC1(/C=C/CO)CCOCC1. The summed E-state index contributed by atoms with van der Waals surface area (Å²) in [7, 11) is 0. The molecule has 0 spiro atoms. The lowest BCUT2D eigenvalue weighted by molar-refractivity contribution is 0.0447. The van der Waals surface area contributed by atoms with Crippen molar-refractivity contribution < 1.29 is 9.84 Å². The number of aliphatic hydroxyl groups is 1. The Bertz CT molecular complexity index is 134. The van der Waals surface area contributed by atoms with Crippen molar-refractivity contribution in [3.63, 3.8) is 0 Å². The molecule has 0 unspecified atom stereocenters. The minimum atomic E-state index is 0.149. The monoisotopic (exact) mass is 156 g/mol. The van der Waals surface area contributed by atoms with E-state index in [2.05, 4.69) is 13.0 Å². The molecule has 1 fully saturated rings. The predicted molar refractivity (Wildman–Crippen MR) is 44.4 cm³/mol. The Kier molecular flexibility index (Phi) is 3.09. The van der Waals surface area contributed by atoms with Crippen molar-refractivity contribution in [2.45, 2.75) is 19.8 Å². The summed E-state index contributed by atoms with van der Waals surface area (Å²) < 4.78 is 5.25. The smallest absolute Gasteiger partial charge is 0.0612 e. The average molecular weight is 156 g/mol. The molecule has 0 aliphatic carbocycles. The van der Waals surface area contributed by atoms with Gasteiger partial charge < -0.3 is 9.84 Å². The Morgan fingerprint density at radius 3 is 2.64 bits per heavy atom. The number of hydrogen-bond acceptors (Lipinski definition) is 2. The molecular weight excluding hydrogens is 140 g/mol. The van der Waals surface area contributed by atoms with Crippen LogP contribution in [0.15, 0.2) is 12.2 Å². The third kappa shape index (κ3) is 2.64. The summed E-state index contributed by atoms with van der Waals surface area (Å²) in [6.07, 6.45) is 6.08. The minimum Gasteiger partial charge on any atom is -0.392 e. The summed E-state index contributed by atoms with van der Waals surface area (Å²) in [6, 6.07) is 0. The number of aliphatic hydroxyl groups excluding tert-OH is 1. The van der Waals surface area contributed by atoms with E-state index in [0.717, 1.165) is 26.1 Å². The molecule has 0 aromatic carbocycles. The van der Waals surface area contributed by atoms with Crippen LogP contribution in [0, 0.1) is 5.41 Å². The van der Waals surface area contributed by atoms with Crippen molar-refractivity contribution in [1.29, 1.82) is 0 Å². The van der Waals surface area contributed by atoms with Gasteiger partial charge in [-0.2, -0.15) is 0 Å². The van der Waals surface area contributed by atoms with E-state index in [-0.39, 0.29) is 12.0 Å². The van der Waals surface area contributed by atoms with E-state index in [0.29, 0.717) is 0 Å². The van der Waals surface area contributed by atoms with Crippen LogP contribution >= 0.6 is 0 Å². The molecule has 1 aliphatic rings. The molecule has 0 amide bonds. The van der Waals surface area contributed by atoms with Gasteiger partial charge in [-0.15, -0.1) is 0 Å². The molecule has 2 heteroatoms. The van der Waals surface area contributed by atoms with Crippen molar-refractivity contribution in [3.8, 4) is 0 Å². The molecule has 1 heterocycles. The molecule has 0 atom stereocenters. The number of ether oxygens (including phenoxy) is 1. The first kappa shape index (κ1) is 8.75. The van der Waals surface area contributed by atoms with Crippen molar-refractivity contribution in [2.75, 3.05) is 19.8 Å². The highest BCUT2D eigenvalue weighted by molar-refractivity contribution is 4.98. The molecule has 0 saturated carbocycles. The van der Waals surface area contributed by atoms with Gasteiger partial charge >= 0.3 is 0 Å². The quantitative estimate of drug-likeness (QED) is 0.611. The number of hydrogen-bond donors (Lipinski definition) is 1. The average Bonchev–Trinajstić information content (AvgIpc) is 2.03. The summed E-state index contributed by atoms with van der Waals surface area (Å²) in [5, 5.41) is 8.59. The molecule has 0 aromatic rings. The van der Waals surface area contributed by atoms with Crippen LogP contribution in [-0.2, 0) is 4.74 Å². The molecule has 1 rings (SSSR count). The number of rotatable bonds is 2. The molecule has 1 saturated heterocycles. The van der Waals surface area contributed by atoms with Crippen LogP contribution in [0.2, 0.25) is 0 Å². The zero-order valence-electron chi connectivity index (χ0n) is 7.05. The van der Waals surface area contributed by atoms with Crippen LogP contribution in [0.4, 0.5) is 0 Å². The lowest BCUT2D eigenvalue weighted by Gasteiger charge is -2.30. The zero-order valence-corrected chi connectivity index (χ0v) is 7.05. The normalized spacial score (nSPS) is 24.2. The molecule has 1 aliphatic heterocycles. The summed E-state index contributed by atoms with van der Waals surface area (Å²) in [4.78, 5) is 0. The highest BCUT2D eigenvalue weighted by atomic mass is 16.5. The summed E-state index contributed by atoms with van der Waals surface area (Å²) in [5.74, 6) is 0. The molecule has 64 valence electrons. The fourth-order valence-corrected chi connectivity index (χ4v) is 1.34. The third-order valence-electron chi connectivity index (χ3n) is 2.26. The van der Waals surface area contributed by atoms with Gasteiger partial charge in [0.15, 0.2) is 0 Å². The zero-order chi connectivity index (χ0) is 8.16. The van der Waals surface area contributed by atoms with E-state index in [1.165, 1.54) is 0 Å². The fourth-order valence-electron chi connectivity index (χ4n) is 1.34. The molecule has 0 aromatic heterocycles. The van der Waals surface area contributed by atoms with Gasteiger partial charge in [-0.05, 0) is 18.3 Å². The molecule has 1 N–H and O–H groups in total. The first-order valence-corrected chi connectivity index (χ1v) is 4.13. The third-order valence-corrected chi connectivity index (χ3v) is 2.26. The maximum absolute atomic E-state index is 8.59. The topological polar surface area (TPSA) is 29.5 Å². The van der Waals surface area contributed by atoms with E-state index < -0.39 is 0 Å². The Morgan fingerprint density at radius 2 is 2.09 bits per heavy atom. The van der Waals surface area contributed by atoms with Gasteiger partial charge in [-0.1, -0.05) is 19.1 Å². The van der Waals surface area contributed by atoms with Gasteiger partial charge in [0, 0.05) is 13.2 Å². The Labute approximate surface area is 67.9 Å². The minimum absolute atomic E-state index is 0.149. The van der Waals surface area contributed by atoms with Crippen LogP contribution in [0.3, 0.4) is 0 Å². The highest BCUT2D eigenvalue weighted by Crippen LogP contribution is 2.30. The highest BCUT2D eigenvalue weighted by Gasteiger charge is 2.23. The van der Waals surface area contributed by atoms with E-state index >= 15 is 0 Å². The van der Waals surface area contributed by atoms with Crippen LogP contribution in [0.5, 0.6) is 0 Å². The maximum Gasteiger partial charge on any atom is 0.0612 e. The molecular formula is C9H16O2. The fraction of sp³-hybridized carbons (Fsp3) is 0.778. The molecule has 11 heavy (non-hydrogen) atoms. The van der Waals surface area contributed by atoms with Gasteiger partial charge in [-0.3, -0.25) is 0 Å². The van der Waals surface area contributed by atoms with Crippen molar-refractivity contribution in [2.24, 2.45) is 5.41 Å². The summed E-state index contributed by atoms with van der Waals surface area (Å²) >= 11 is 0. The van der Waals surface area contributed by atoms with E-state index in [1.807, 2.05) is 6.08 Å². The van der Waals surface area contributed by atoms with Crippen molar-refractivity contribution in [1.82, 2.24) is 0 Å². The van der Waals surface area contributed by atoms with Gasteiger partial charge in [0.05, 0.1) is 6.61 Å². The lowest BCUT2D eigenvalue weighted by Crippen LogP contribution is -2.24. The van der Waals surface area contributed by atoms with Crippen LogP contribution < -0.4 is 0 Å². The second-order valence-electron chi connectivity index (χ2n) is 3.35. The number of allylic oxidation sites excluding steroid dienone is 1. The summed E-state index contributed by atoms with van der Waals surface area (Å²) in [5.41, 5.74) is 0.265. The van der Waals surface area contributed by atoms with Gasteiger partial charge in [0.25, 0.3) is 0 Å². The standard InChI is InChI=1S/C9H16O2/c1-9(3-2-6-10)4-7-11-8-5-9/h2-3,10H,4-8H2,1H3/b3-2+. The van der Waals surface area contributed by atoms with E-state index in [1.54, 1.807) is 0 Å². The lowest BCUT2D eigenvalue weighted by atomic mass is 9.82. The second kappa shape index (κ2) is 3.88. The molecule has 0 radical (unpaired) electrons. The van der Waals surface area contributed by atoms with E-state index in [4.69, 9.17) is 9.84 Å². The largest absolute Gasteiger partial charge is 0.392 e. The van der Waals surface area contributed by atoms with Crippen LogP contribution in [-0.4, -0.2) is 24.9 Å². The molecule has 0 bridgehead atoms. The first-order valence-electron chi connectivity index (χ1n) is 4.13. The molecule has 2 nitrogen and oxygen atoms in total. The van der Waals surface area contributed by atoms with Crippen molar-refractivity contribution >= 4 is 0 Å².